The molecule has 0 radical (unpaired) electrons. The highest BCUT2D eigenvalue weighted by atomic mass is 15.3. The SMILES string of the molecule is CC(CNCCNc1cc(N2CCCC2)nc(N2CCCC2)n1)Nc1ncnc2ncn(Cc3ccccc3)c12. The van der Waals surface area contributed by atoms with E-state index in [1.807, 2.05) is 12.4 Å². The molecule has 0 spiro atoms. The molecule has 0 aliphatic carbocycles. The van der Waals surface area contributed by atoms with E-state index in [2.05, 4.69) is 82.5 Å². The summed E-state index contributed by atoms with van der Waals surface area (Å²) in [5.41, 5.74) is 2.83. The van der Waals surface area contributed by atoms with Gasteiger partial charge in [-0.15, -0.1) is 0 Å². The first kappa shape index (κ1) is 26.2. The summed E-state index contributed by atoms with van der Waals surface area (Å²) in [7, 11) is 0. The smallest absolute Gasteiger partial charge is 0.229 e. The number of hydrogen-bond donors (Lipinski definition) is 3. The van der Waals surface area contributed by atoms with Crippen LogP contribution >= 0.6 is 0 Å². The van der Waals surface area contributed by atoms with Crippen LogP contribution in [0.2, 0.25) is 0 Å². The molecule has 0 amide bonds. The quantitative estimate of drug-likeness (QED) is 0.231. The van der Waals surface area contributed by atoms with E-state index in [1.54, 1.807) is 6.33 Å². The average Bonchev–Trinajstić information content (AvgIpc) is 3.77. The Morgan fingerprint density at radius 1 is 0.875 bits per heavy atom. The number of fused-ring (bicyclic) bond motifs is 1. The monoisotopic (exact) mass is 541 g/mol. The molecule has 1 atom stereocenters. The summed E-state index contributed by atoms with van der Waals surface area (Å²) in [5.74, 6) is 3.61. The van der Waals surface area contributed by atoms with Gasteiger partial charge < -0.3 is 30.3 Å². The van der Waals surface area contributed by atoms with Crippen LogP contribution in [0.1, 0.15) is 38.2 Å². The minimum Gasteiger partial charge on any atom is -0.369 e. The van der Waals surface area contributed by atoms with Gasteiger partial charge in [-0.05, 0) is 38.2 Å². The zero-order valence-electron chi connectivity index (χ0n) is 23.3. The normalized spacial score (nSPS) is 16.1. The largest absolute Gasteiger partial charge is 0.369 e. The van der Waals surface area contributed by atoms with Crippen LogP contribution in [-0.4, -0.2) is 81.3 Å². The molecular weight excluding hydrogens is 502 g/mol. The number of anilines is 4. The van der Waals surface area contributed by atoms with Gasteiger partial charge in [-0.25, -0.2) is 15.0 Å². The van der Waals surface area contributed by atoms with Crippen molar-refractivity contribution < 1.29 is 0 Å². The van der Waals surface area contributed by atoms with Gasteiger partial charge in [0.2, 0.25) is 5.95 Å². The average molecular weight is 542 g/mol. The minimum absolute atomic E-state index is 0.167. The molecule has 3 N–H and O–H groups in total. The number of benzene rings is 1. The van der Waals surface area contributed by atoms with Crippen molar-refractivity contribution in [3.63, 3.8) is 0 Å². The Labute approximate surface area is 235 Å². The summed E-state index contributed by atoms with van der Waals surface area (Å²) in [6.07, 6.45) is 8.31. The van der Waals surface area contributed by atoms with Gasteiger partial charge in [-0.3, -0.25) is 0 Å². The van der Waals surface area contributed by atoms with Crippen LogP contribution in [0.25, 0.3) is 11.2 Å². The number of nitrogens with one attached hydrogen (secondary N) is 3. The van der Waals surface area contributed by atoms with Crippen LogP contribution in [0.15, 0.2) is 49.1 Å². The van der Waals surface area contributed by atoms with Gasteiger partial charge in [0.1, 0.15) is 23.5 Å². The van der Waals surface area contributed by atoms with Crippen LogP contribution in [0.3, 0.4) is 0 Å². The molecule has 1 unspecified atom stereocenters. The van der Waals surface area contributed by atoms with Crippen molar-refractivity contribution in [1.29, 1.82) is 0 Å². The lowest BCUT2D eigenvalue weighted by molar-refractivity contribution is 0.641. The van der Waals surface area contributed by atoms with Gasteiger partial charge in [-0.1, -0.05) is 30.3 Å². The second-order valence-electron chi connectivity index (χ2n) is 10.7. The predicted molar refractivity (Wildman–Crippen MR) is 160 cm³/mol. The number of rotatable bonds is 12. The highest BCUT2D eigenvalue weighted by Crippen LogP contribution is 2.25. The number of aromatic nitrogens is 6. The van der Waals surface area contributed by atoms with E-state index in [9.17, 15) is 0 Å². The Morgan fingerprint density at radius 2 is 1.65 bits per heavy atom. The Balaban J connectivity index is 1.02. The first-order valence-corrected chi connectivity index (χ1v) is 14.5. The summed E-state index contributed by atoms with van der Waals surface area (Å²) in [6, 6.07) is 12.6. The Bertz CT molecular complexity index is 1340. The summed E-state index contributed by atoms with van der Waals surface area (Å²) in [5, 5.41) is 10.6. The first-order chi connectivity index (χ1) is 19.7. The lowest BCUT2D eigenvalue weighted by atomic mass is 10.2. The molecule has 2 aliphatic heterocycles. The molecule has 6 rings (SSSR count). The Kier molecular flexibility index (Phi) is 8.17. The van der Waals surface area contributed by atoms with Crippen LogP contribution in [0.4, 0.5) is 23.4 Å². The van der Waals surface area contributed by atoms with Crippen molar-refractivity contribution >= 4 is 34.6 Å². The van der Waals surface area contributed by atoms with E-state index in [0.717, 1.165) is 81.3 Å². The molecule has 2 aliphatic rings. The summed E-state index contributed by atoms with van der Waals surface area (Å²) in [4.78, 5) is 27.9. The molecular formula is C29H39N11. The van der Waals surface area contributed by atoms with Crippen molar-refractivity contribution in [2.45, 2.75) is 45.2 Å². The molecule has 11 nitrogen and oxygen atoms in total. The fraction of sp³-hybridized carbons (Fsp3) is 0.483. The van der Waals surface area contributed by atoms with E-state index in [1.165, 1.54) is 31.2 Å². The molecule has 11 heteroatoms. The van der Waals surface area contributed by atoms with Crippen molar-refractivity contribution in [3.05, 3.63) is 54.6 Å². The maximum atomic E-state index is 4.91. The minimum atomic E-state index is 0.167. The molecule has 0 saturated carbocycles. The topological polar surface area (TPSA) is 112 Å². The second-order valence-corrected chi connectivity index (χ2v) is 10.7. The van der Waals surface area contributed by atoms with Gasteiger partial charge in [0.25, 0.3) is 0 Å². The van der Waals surface area contributed by atoms with E-state index in [0.29, 0.717) is 5.65 Å². The molecule has 4 aromatic rings. The zero-order valence-corrected chi connectivity index (χ0v) is 23.3. The Morgan fingerprint density at radius 3 is 2.45 bits per heavy atom. The highest BCUT2D eigenvalue weighted by molar-refractivity contribution is 5.83. The Hall–Kier alpha value is -3.99. The van der Waals surface area contributed by atoms with E-state index in [4.69, 9.17) is 9.97 Å². The van der Waals surface area contributed by atoms with E-state index >= 15 is 0 Å². The van der Waals surface area contributed by atoms with Crippen LogP contribution in [0.5, 0.6) is 0 Å². The molecule has 0 bridgehead atoms. The fourth-order valence-electron chi connectivity index (χ4n) is 5.48. The second kappa shape index (κ2) is 12.5. The van der Waals surface area contributed by atoms with Crippen LogP contribution < -0.4 is 25.8 Å². The van der Waals surface area contributed by atoms with Crippen molar-refractivity contribution in [1.82, 2.24) is 34.8 Å². The third kappa shape index (κ3) is 6.25. The van der Waals surface area contributed by atoms with Crippen LogP contribution in [-0.2, 0) is 6.54 Å². The van der Waals surface area contributed by atoms with Gasteiger partial charge in [0, 0.05) is 64.5 Å². The lowest BCUT2D eigenvalue weighted by Crippen LogP contribution is -2.33. The fourth-order valence-corrected chi connectivity index (χ4v) is 5.48. The van der Waals surface area contributed by atoms with Gasteiger partial charge in [0.15, 0.2) is 11.5 Å². The maximum Gasteiger partial charge on any atom is 0.229 e. The van der Waals surface area contributed by atoms with Crippen LogP contribution in [0, 0.1) is 0 Å². The predicted octanol–water partition coefficient (Wildman–Crippen LogP) is 3.37. The maximum absolute atomic E-state index is 4.91. The molecule has 2 fully saturated rings. The van der Waals surface area contributed by atoms with Crippen molar-refractivity contribution in [2.24, 2.45) is 0 Å². The summed E-state index contributed by atoms with van der Waals surface area (Å²) in [6.45, 7) is 9.51. The standard InChI is InChI=1S/C29H39N11/c1-22(35-28-26-27(32-20-33-28)34-21-40(26)19-23-9-3-2-4-10-23)18-30-11-12-31-24-17-25(38-13-5-6-14-38)37-29(36-24)39-15-7-8-16-39/h2-4,9-10,17,20-22,30H,5-8,11-16,18-19H2,1H3,(H,31,36,37)(H,32,33,35). The molecule has 2 saturated heterocycles. The van der Waals surface area contributed by atoms with Gasteiger partial charge in [0.05, 0.1) is 6.33 Å². The molecule has 1 aromatic carbocycles. The molecule has 40 heavy (non-hydrogen) atoms. The zero-order chi connectivity index (χ0) is 27.1. The van der Waals surface area contributed by atoms with Gasteiger partial charge in [-0.2, -0.15) is 9.97 Å². The summed E-state index contributed by atoms with van der Waals surface area (Å²) < 4.78 is 2.10. The molecule has 5 heterocycles. The lowest BCUT2D eigenvalue weighted by Gasteiger charge is -2.22. The number of hydrogen-bond acceptors (Lipinski definition) is 10. The van der Waals surface area contributed by atoms with E-state index < -0.39 is 0 Å². The van der Waals surface area contributed by atoms with Gasteiger partial charge >= 0.3 is 0 Å². The van der Waals surface area contributed by atoms with Crippen molar-refractivity contribution in [2.75, 3.05) is 66.2 Å². The van der Waals surface area contributed by atoms with Crippen molar-refractivity contribution in [3.8, 4) is 0 Å². The number of imidazole rings is 1. The third-order valence-electron chi connectivity index (χ3n) is 7.57. The molecule has 210 valence electrons. The number of nitrogens with zero attached hydrogens (tertiary/aromatic N) is 8. The highest BCUT2D eigenvalue weighted by Gasteiger charge is 2.20. The first-order valence-electron chi connectivity index (χ1n) is 14.5. The third-order valence-corrected chi connectivity index (χ3v) is 7.57. The molecule has 3 aromatic heterocycles. The summed E-state index contributed by atoms with van der Waals surface area (Å²) >= 11 is 0. The van der Waals surface area contributed by atoms with E-state index in [-0.39, 0.29) is 6.04 Å².